The van der Waals surface area contributed by atoms with Crippen LogP contribution in [-0.4, -0.2) is 35.5 Å². The number of halogens is 1. The monoisotopic (exact) mass is 491 g/mol. The quantitative estimate of drug-likeness (QED) is 0.400. The molecule has 0 aliphatic heterocycles. The van der Waals surface area contributed by atoms with E-state index in [0.717, 1.165) is 4.57 Å². The van der Waals surface area contributed by atoms with Crippen molar-refractivity contribution in [3.63, 3.8) is 0 Å². The molecule has 0 saturated carbocycles. The normalized spacial score (nSPS) is 12.6. The topological polar surface area (TPSA) is 152 Å². The molecule has 0 aliphatic rings. The number of aromatic nitrogens is 5. The Morgan fingerprint density at radius 1 is 1.36 bits per heavy atom. The van der Waals surface area contributed by atoms with Crippen LogP contribution in [0.5, 0.6) is 5.75 Å². The molecule has 2 N–H and O–H groups in total. The molecule has 4 rings (SSSR count). The summed E-state index contributed by atoms with van der Waals surface area (Å²) >= 11 is 0. The van der Waals surface area contributed by atoms with Gasteiger partial charge in [-0.3, -0.25) is 18.8 Å². The lowest BCUT2D eigenvalue weighted by atomic mass is 9.80. The summed E-state index contributed by atoms with van der Waals surface area (Å²) in [5.41, 5.74) is 0.142. The van der Waals surface area contributed by atoms with E-state index in [9.17, 15) is 24.3 Å². The molecule has 12 heteroatoms. The Kier molecular flexibility index (Phi) is 6.64. The van der Waals surface area contributed by atoms with Crippen LogP contribution in [0.4, 0.5) is 10.1 Å². The minimum Gasteiger partial charge on any atom is -0.501 e. The lowest BCUT2D eigenvalue weighted by molar-refractivity contribution is 0.101. The summed E-state index contributed by atoms with van der Waals surface area (Å²) < 4.78 is 21.8. The molecule has 0 spiro atoms. The van der Waals surface area contributed by atoms with Crippen molar-refractivity contribution >= 4 is 11.6 Å². The van der Waals surface area contributed by atoms with Crippen LogP contribution in [0.25, 0.3) is 0 Å². The van der Waals surface area contributed by atoms with Gasteiger partial charge in [0.25, 0.3) is 11.5 Å². The van der Waals surface area contributed by atoms with Crippen LogP contribution >= 0.6 is 0 Å². The van der Waals surface area contributed by atoms with Crippen LogP contribution in [0.1, 0.15) is 58.7 Å². The highest BCUT2D eigenvalue weighted by molar-refractivity contribution is 6.04. The van der Waals surface area contributed by atoms with Crippen molar-refractivity contribution in [1.82, 2.24) is 24.5 Å². The molecular weight excluding hydrogens is 469 g/mol. The van der Waals surface area contributed by atoms with Crippen LogP contribution < -0.4 is 10.9 Å². The molecule has 0 fully saturated rings. The third-order valence-corrected chi connectivity index (χ3v) is 5.92. The van der Waals surface area contributed by atoms with Gasteiger partial charge in [-0.25, -0.2) is 9.37 Å². The third kappa shape index (κ3) is 4.46. The summed E-state index contributed by atoms with van der Waals surface area (Å²) in [4.78, 5) is 30.0. The van der Waals surface area contributed by atoms with Crippen LogP contribution in [0.3, 0.4) is 0 Å². The van der Waals surface area contributed by atoms with Gasteiger partial charge < -0.3 is 14.9 Å². The average molecular weight is 491 g/mol. The van der Waals surface area contributed by atoms with E-state index in [0.29, 0.717) is 17.7 Å². The van der Waals surface area contributed by atoms with Crippen LogP contribution in [0.2, 0.25) is 0 Å². The summed E-state index contributed by atoms with van der Waals surface area (Å²) in [5.74, 6) is -3.40. The second kappa shape index (κ2) is 9.83. The van der Waals surface area contributed by atoms with Gasteiger partial charge in [-0.1, -0.05) is 12.1 Å². The molecule has 3 heterocycles. The number of benzene rings is 1. The SMILES string of the molecule is CCn1cc([C@@H](c2cc(F)ccc2C#N)[C@@H](C)c2nc(C(=O)Nc3cnoc3)c(O)c(=O)n2C)cn1. The van der Waals surface area contributed by atoms with E-state index >= 15 is 0 Å². The number of aromatic hydroxyl groups is 1. The Labute approximate surface area is 204 Å². The van der Waals surface area contributed by atoms with Crippen LogP contribution in [0.15, 0.2) is 52.4 Å². The van der Waals surface area contributed by atoms with Gasteiger partial charge in [-0.15, -0.1) is 0 Å². The van der Waals surface area contributed by atoms with Crippen molar-refractivity contribution < 1.29 is 18.8 Å². The Balaban J connectivity index is 1.88. The van der Waals surface area contributed by atoms with E-state index < -0.39 is 40.6 Å². The lowest BCUT2D eigenvalue weighted by Gasteiger charge is -2.26. The van der Waals surface area contributed by atoms with Gasteiger partial charge in [0.15, 0.2) is 5.69 Å². The van der Waals surface area contributed by atoms with Crippen molar-refractivity contribution in [2.75, 3.05) is 5.32 Å². The summed E-state index contributed by atoms with van der Waals surface area (Å²) in [7, 11) is 1.41. The maximum atomic E-state index is 14.3. The zero-order valence-electron chi connectivity index (χ0n) is 19.6. The molecular formula is C24H22FN7O4. The van der Waals surface area contributed by atoms with Gasteiger partial charge in [0.1, 0.15) is 23.6 Å². The van der Waals surface area contributed by atoms with Crippen LogP contribution in [0, 0.1) is 17.1 Å². The van der Waals surface area contributed by atoms with Crippen molar-refractivity contribution in [1.29, 1.82) is 5.26 Å². The summed E-state index contributed by atoms with van der Waals surface area (Å²) in [5, 5.41) is 30.4. The van der Waals surface area contributed by atoms with Crippen molar-refractivity contribution in [3.05, 3.63) is 87.4 Å². The van der Waals surface area contributed by atoms with Crippen LogP contribution in [-0.2, 0) is 13.6 Å². The fourth-order valence-electron chi connectivity index (χ4n) is 4.12. The number of amides is 1. The summed E-state index contributed by atoms with van der Waals surface area (Å²) in [6.07, 6.45) is 5.79. The Hall–Kier alpha value is -4.79. The maximum Gasteiger partial charge on any atom is 0.296 e. The fraction of sp³-hybridized carbons (Fsp3) is 0.250. The smallest absolute Gasteiger partial charge is 0.296 e. The number of rotatable bonds is 7. The summed E-state index contributed by atoms with van der Waals surface area (Å²) in [6.45, 7) is 4.22. The zero-order chi connectivity index (χ0) is 26.0. The Morgan fingerprint density at radius 2 is 2.14 bits per heavy atom. The van der Waals surface area contributed by atoms with E-state index in [4.69, 9.17) is 0 Å². The first-order valence-electron chi connectivity index (χ1n) is 11.0. The standard InChI is InChI=1S/C24H22FN7O4/c1-4-32-11-15(9-27-32)19(18-7-16(25)6-5-14(18)8-26)13(2)22-30-20(21(33)24(35)31(22)3)23(34)29-17-10-28-36-12-17/h5-7,9-13,19,33H,4H2,1-3H3,(H,29,34)/t13-,19+/m1/s1. The molecule has 4 aromatic rings. The highest BCUT2D eigenvalue weighted by atomic mass is 19.1. The summed E-state index contributed by atoms with van der Waals surface area (Å²) in [6, 6.07) is 5.93. The number of hydrogen-bond donors (Lipinski definition) is 2. The largest absolute Gasteiger partial charge is 0.501 e. The van der Waals surface area contributed by atoms with Gasteiger partial charge in [0, 0.05) is 31.6 Å². The number of carbonyl (C=O) groups is 1. The molecule has 0 bridgehead atoms. The molecule has 0 radical (unpaired) electrons. The molecule has 0 unspecified atom stereocenters. The number of nitriles is 1. The molecule has 0 aliphatic carbocycles. The number of aryl methyl sites for hydroxylation is 1. The Bertz CT molecular complexity index is 1520. The molecule has 1 amide bonds. The molecule has 3 aromatic heterocycles. The number of hydrogen-bond acceptors (Lipinski definition) is 8. The average Bonchev–Trinajstić information content (AvgIpc) is 3.55. The first-order chi connectivity index (χ1) is 17.2. The van der Waals surface area contributed by atoms with Crippen molar-refractivity contribution in [3.8, 4) is 11.8 Å². The second-order valence-electron chi connectivity index (χ2n) is 8.14. The highest BCUT2D eigenvalue weighted by Gasteiger charge is 2.31. The second-order valence-corrected chi connectivity index (χ2v) is 8.14. The van der Waals surface area contributed by atoms with Crippen molar-refractivity contribution in [2.45, 2.75) is 32.2 Å². The van der Waals surface area contributed by atoms with Gasteiger partial charge in [0.2, 0.25) is 5.75 Å². The maximum absolute atomic E-state index is 14.3. The van der Waals surface area contributed by atoms with Crippen molar-refractivity contribution in [2.24, 2.45) is 7.05 Å². The van der Waals surface area contributed by atoms with E-state index in [2.05, 4.69) is 31.1 Å². The van der Waals surface area contributed by atoms with Gasteiger partial charge in [-0.05, 0) is 36.2 Å². The first-order valence-corrected chi connectivity index (χ1v) is 11.0. The third-order valence-electron chi connectivity index (χ3n) is 5.92. The predicted molar refractivity (Wildman–Crippen MR) is 125 cm³/mol. The molecule has 2 atom stereocenters. The predicted octanol–water partition coefficient (Wildman–Crippen LogP) is 2.89. The number of carbonyl (C=O) groups excluding carboxylic acids is 1. The minimum atomic E-state index is -0.847. The number of nitrogens with one attached hydrogen (secondary N) is 1. The lowest BCUT2D eigenvalue weighted by Crippen LogP contribution is -2.29. The molecule has 1 aromatic carbocycles. The van der Waals surface area contributed by atoms with Gasteiger partial charge >= 0.3 is 0 Å². The van der Waals surface area contributed by atoms with E-state index in [-0.39, 0.29) is 17.1 Å². The number of anilines is 1. The first kappa shape index (κ1) is 24.3. The fourth-order valence-corrected chi connectivity index (χ4v) is 4.12. The Morgan fingerprint density at radius 3 is 2.78 bits per heavy atom. The molecule has 184 valence electrons. The zero-order valence-corrected chi connectivity index (χ0v) is 19.6. The van der Waals surface area contributed by atoms with E-state index in [1.807, 2.05) is 6.92 Å². The number of nitrogens with zero attached hydrogens (tertiary/aromatic N) is 6. The van der Waals surface area contributed by atoms with Gasteiger partial charge in [0.05, 0.1) is 24.0 Å². The molecule has 11 nitrogen and oxygen atoms in total. The minimum absolute atomic E-state index is 0.135. The highest BCUT2D eigenvalue weighted by Crippen LogP contribution is 2.39. The van der Waals surface area contributed by atoms with E-state index in [1.54, 1.807) is 24.0 Å². The van der Waals surface area contributed by atoms with Gasteiger partial charge in [-0.2, -0.15) is 10.4 Å². The molecule has 36 heavy (non-hydrogen) atoms. The van der Waals surface area contributed by atoms with E-state index in [1.165, 1.54) is 37.7 Å². The molecule has 0 saturated heterocycles.